The van der Waals surface area contributed by atoms with E-state index >= 15 is 0 Å². The molecule has 0 fully saturated rings. The lowest BCUT2D eigenvalue weighted by molar-refractivity contribution is -0.113. The van der Waals surface area contributed by atoms with E-state index in [1.807, 2.05) is 24.3 Å². The number of aromatic nitrogens is 1. The Morgan fingerprint density at radius 2 is 1.95 bits per heavy atom. The van der Waals surface area contributed by atoms with Crippen molar-refractivity contribution in [1.82, 2.24) is 4.98 Å². The van der Waals surface area contributed by atoms with Gasteiger partial charge in [0, 0.05) is 0 Å². The number of nitrogens with one attached hydrogen (secondary N) is 1. The number of hydrogen-bond acceptors (Lipinski definition) is 4. The van der Waals surface area contributed by atoms with Crippen LogP contribution >= 0.6 is 11.8 Å². The molecule has 6 heteroatoms. The Bertz CT molecular complexity index is 755. The number of fused-ring (bicyclic) bond motifs is 1. The minimum Gasteiger partial charge on any atom is -0.431 e. The number of halogens is 1. The fourth-order valence-electron chi connectivity index (χ4n) is 1.79. The van der Waals surface area contributed by atoms with Crippen LogP contribution in [0.3, 0.4) is 0 Å². The van der Waals surface area contributed by atoms with Gasteiger partial charge in [-0.1, -0.05) is 36.0 Å². The molecule has 0 unspecified atom stereocenters. The standard InChI is InChI=1S/C15H11FN2O2S/c16-10-5-1-2-6-11(10)17-14(19)9-21-15-18-12-7-3-4-8-13(12)20-15/h1-8H,9H2,(H,17,19). The van der Waals surface area contributed by atoms with Gasteiger partial charge in [-0.05, 0) is 24.3 Å². The maximum absolute atomic E-state index is 13.4. The molecule has 1 N–H and O–H groups in total. The summed E-state index contributed by atoms with van der Waals surface area (Å²) in [6.45, 7) is 0. The van der Waals surface area contributed by atoms with E-state index in [1.165, 1.54) is 23.9 Å². The topological polar surface area (TPSA) is 55.1 Å². The predicted octanol–water partition coefficient (Wildman–Crippen LogP) is 3.70. The van der Waals surface area contributed by atoms with Crippen LogP contribution in [0.1, 0.15) is 0 Å². The monoisotopic (exact) mass is 302 g/mol. The average molecular weight is 302 g/mol. The second kappa shape index (κ2) is 5.97. The summed E-state index contributed by atoms with van der Waals surface area (Å²) in [5, 5.41) is 2.93. The van der Waals surface area contributed by atoms with E-state index in [2.05, 4.69) is 10.3 Å². The first kappa shape index (κ1) is 13.6. The van der Waals surface area contributed by atoms with E-state index in [0.717, 1.165) is 5.52 Å². The number of thioether (sulfide) groups is 1. The number of rotatable bonds is 4. The molecule has 0 aliphatic carbocycles. The van der Waals surface area contributed by atoms with Crippen molar-refractivity contribution in [2.24, 2.45) is 0 Å². The minimum atomic E-state index is -0.460. The van der Waals surface area contributed by atoms with Crippen LogP contribution in [0.2, 0.25) is 0 Å². The van der Waals surface area contributed by atoms with E-state index in [1.54, 1.807) is 12.1 Å². The molecule has 1 aromatic heterocycles. The van der Waals surface area contributed by atoms with Crippen molar-refractivity contribution < 1.29 is 13.6 Å². The number of benzene rings is 2. The quantitative estimate of drug-likeness (QED) is 0.747. The molecule has 3 rings (SSSR count). The maximum Gasteiger partial charge on any atom is 0.257 e. The van der Waals surface area contributed by atoms with Gasteiger partial charge in [0.25, 0.3) is 5.22 Å². The van der Waals surface area contributed by atoms with Gasteiger partial charge >= 0.3 is 0 Å². The lowest BCUT2D eigenvalue weighted by Gasteiger charge is -2.04. The SMILES string of the molecule is O=C(CSc1nc2ccccc2o1)Nc1ccccc1F. The predicted molar refractivity (Wildman–Crippen MR) is 79.8 cm³/mol. The first-order chi connectivity index (χ1) is 10.2. The molecular formula is C15H11FN2O2S. The van der Waals surface area contributed by atoms with Crippen molar-refractivity contribution >= 4 is 34.5 Å². The highest BCUT2D eigenvalue weighted by molar-refractivity contribution is 7.99. The van der Waals surface area contributed by atoms with Gasteiger partial charge < -0.3 is 9.73 Å². The third-order valence-electron chi connectivity index (χ3n) is 2.75. The lowest BCUT2D eigenvalue weighted by Crippen LogP contribution is -2.14. The number of amides is 1. The highest BCUT2D eigenvalue weighted by Crippen LogP contribution is 2.23. The van der Waals surface area contributed by atoms with Gasteiger partial charge in [-0.3, -0.25) is 4.79 Å². The number of carbonyl (C=O) groups excluding carboxylic acids is 1. The molecule has 0 aliphatic rings. The Balaban J connectivity index is 1.62. The smallest absolute Gasteiger partial charge is 0.257 e. The minimum absolute atomic E-state index is 0.0984. The van der Waals surface area contributed by atoms with Gasteiger partial charge in [-0.25, -0.2) is 9.37 Å². The highest BCUT2D eigenvalue weighted by atomic mass is 32.2. The van der Waals surface area contributed by atoms with Crippen molar-refractivity contribution in [3.8, 4) is 0 Å². The number of carbonyl (C=O) groups is 1. The number of oxazole rings is 1. The molecule has 0 aliphatic heterocycles. The van der Waals surface area contributed by atoms with Crippen LogP contribution < -0.4 is 5.32 Å². The molecule has 4 nitrogen and oxygen atoms in total. The maximum atomic E-state index is 13.4. The largest absolute Gasteiger partial charge is 0.431 e. The van der Waals surface area contributed by atoms with Crippen LogP contribution in [0.5, 0.6) is 0 Å². The lowest BCUT2D eigenvalue weighted by atomic mass is 10.3. The third kappa shape index (κ3) is 3.22. The summed E-state index contributed by atoms with van der Waals surface area (Å²) in [7, 11) is 0. The van der Waals surface area contributed by atoms with Crippen LogP contribution in [0.15, 0.2) is 58.2 Å². The van der Waals surface area contributed by atoms with E-state index in [-0.39, 0.29) is 17.3 Å². The average Bonchev–Trinajstić information content (AvgIpc) is 2.90. The Labute approximate surface area is 124 Å². The number of hydrogen-bond donors (Lipinski definition) is 1. The van der Waals surface area contributed by atoms with Gasteiger partial charge in [0.1, 0.15) is 11.3 Å². The molecule has 0 saturated heterocycles. The molecule has 0 bridgehead atoms. The van der Waals surface area contributed by atoms with Crippen molar-refractivity contribution in [3.05, 3.63) is 54.3 Å². The summed E-state index contributed by atoms with van der Waals surface area (Å²) in [5.41, 5.74) is 1.59. The summed E-state index contributed by atoms with van der Waals surface area (Å²) in [5.74, 6) is -0.675. The van der Waals surface area contributed by atoms with Gasteiger partial charge in [0.2, 0.25) is 5.91 Å². The fraction of sp³-hybridized carbons (Fsp3) is 0.0667. The number of nitrogens with zero attached hydrogens (tertiary/aromatic N) is 1. The van der Waals surface area contributed by atoms with Gasteiger partial charge in [0.15, 0.2) is 5.58 Å². The molecular weight excluding hydrogens is 291 g/mol. The number of anilines is 1. The van der Waals surface area contributed by atoms with Crippen molar-refractivity contribution in [3.63, 3.8) is 0 Å². The normalized spacial score (nSPS) is 10.7. The molecule has 2 aromatic carbocycles. The zero-order valence-electron chi connectivity index (χ0n) is 10.9. The summed E-state index contributed by atoms with van der Waals surface area (Å²) >= 11 is 1.17. The molecule has 106 valence electrons. The van der Waals surface area contributed by atoms with Gasteiger partial charge in [-0.2, -0.15) is 0 Å². The first-order valence-electron chi connectivity index (χ1n) is 6.25. The van der Waals surface area contributed by atoms with Gasteiger partial charge in [-0.15, -0.1) is 0 Å². The van der Waals surface area contributed by atoms with E-state index in [0.29, 0.717) is 10.8 Å². The first-order valence-corrected chi connectivity index (χ1v) is 7.24. The van der Waals surface area contributed by atoms with Crippen molar-refractivity contribution in [2.75, 3.05) is 11.1 Å². The molecule has 0 saturated carbocycles. The fourth-order valence-corrected chi connectivity index (χ4v) is 2.43. The van der Waals surface area contributed by atoms with Crippen LogP contribution in [0.4, 0.5) is 10.1 Å². The zero-order valence-corrected chi connectivity index (χ0v) is 11.7. The third-order valence-corrected chi connectivity index (χ3v) is 3.58. The molecule has 1 amide bonds. The summed E-state index contributed by atoms with van der Waals surface area (Å²) in [4.78, 5) is 16.0. The number of para-hydroxylation sites is 3. The molecule has 1 heterocycles. The summed E-state index contributed by atoms with van der Waals surface area (Å²) in [6, 6.07) is 13.4. The Hall–Kier alpha value is -2.34. The van der Waals surface area contributed by atoms with Crippen molar-refractivity contribution in [2.45, 2.75) is 5.22 Å². The Morgan fingerprint density at radius 3 is 2.76 bits per heavy atom. The van der Waals surface area contributed by atoms with Crippen molar-refractivity contribution in [1.29, 1.82) is 0 Å². The van der Waals surface area contributed by atoms with Crippen LogP contribution in [0, 0.1) is 5.82 Å². The van der Waals surface area contributed by atoms with Crippen LogP contribution in [-0.4, -0.2) is 16.6 Å². The Morgan fingerprint density at radius 1 is 1.19 bits per heavy atom. The van der Waals surface area contributed by atoms with E-state index in [9.17, 15) is 9.18 Å². The summed E-state index contributed by atoms with van der Waals surface area (Å²) < 4.78 is 18.9. The second-order valence-corrected chi connectivity index (χ2v) is 5.19. The molecule has 21 heavy (non-hydrogen) atoms. The van der Waals surface area contributed by atoms with Crippen LogP contribution in [0.25, 0.3) is 11.1 Å². The van der Waals surface area contributed by atoms with Gasteiger partial charge in [0.05, 0.1) is 11.4 Å². The van der Waals surface area contributed by atoms with Crippen LogP contribution in [-0.2, 0) is 4.79 Å². The molecule has 0 radical (unpaired) electrons. The summed E-state index contributed by atoms with van der Waals surface area (Å²) in [6.07, 6.45) is 0. The molecule has 0 atom stereocenters. The van der Waals surface area contributed by atoms with E-state index < -0.39 is 5.82 Å². The molecule has 3 aromatic rings. The highest BCUT2D eigenvalue weighted by Gasteiger charge is 2.10. The second-order valence-electron chi connectivity index (χ2n) is 4.26. The molecule has 0 spiro atoms. The zero-order chi connectivity index (χ0) is 14.7. The van der Waals surface area contributed by atoms with E-state index in [4.69, 9.17) is 4.42 Å². The Kier molecular flexibility index (Phi) is 3.87.